The molecule has 0 saturated carbocycles. The second-order valence-corrected chi connectivity index (χ2v) is 10.1. The molecule has 12 nitrogen and oxygen atoms in total. The van der Waals surface area contributed by atoms with Crippen LogP contribution in [0.15, 0.2) is 84.0 Å². The van der Waals surface area contributed by atoms with Gasteiger partial charge in [-0.15, -0.1) is 0 Å². The third-order valence-electron chi connectivity index (χ3n) is 6.05. The van der Waals surface area contributed by atoms with E-state index in [1.165, 1.54) is 42.7 Å². The number of aromatic amines is 2. The molecule has 4 N–H and O–H groups in total. The van der Waals surface area contributed by atoms with Gasteiger partial charge in [0.15, 0.2) is 17.9 Å². The first-order valence-electron chi connectivity index (χ1n) is 13.1. The zero-order valence-electron chi connectivity index (χ0n) is 24.1. The summed E-state index contributed by atoms with van der Waals surface area (Å²) in [5, 5.41) is 21.5. The van der Waals surface area contributed by atoms with Gasteiger partial charge in [-0.3, -0.25) is 19.8 Å². The summed E-state index contributed by atoms with van der Waals surface area (Å²) in [6.45, 7) is 1.67. The van der Waals surface area contributed by atoms with Gasteiger partial charge in [-0.1, -0.05) is 0 Å². The number of carbonyl (C=O) groups excluding carboxylic acids is 1. The number of benzene rings is 3. The van der Waals surface area contributed by atoms with Crippen molar-refractivity contribution >= 4 is 34.0 Å². The lowest BCUT2D eigenvalue weighted by molar-refractivity contribution is 0.112. The number of rotatable bonds is 6. The van der Waals surface area contributed by atoms with Gasteiger partial charge < -0.3 is 14.6 Å². The molecule has 0 aliphatic carbocycles. The average Bonchev–Trinajstić information content (AvgIpc) is 3.72. The Kier molecular flexibility index (Phi) is 10.6. The molecule has 0 bridgehead atoms. The number of aryl methyl sites for hydroxylation is 1. The SMILES string of the molecule is CNc1ccc(Oc2cc3cn[nH]c3cc2-c2cn[nH]c2)c(F)c1.CS(=O)O.Cc1cc(C=O)c(=O)n(-c2ccc(F)cc2)n1. The summed E-state index contributed by atoms with van der Waals surface area (Å²) in [6, 6.07) is 15.2. The van der Waals surface area contributed by atoms with Crippen LogP contribution in [0.5, 0.6) is 11.5 Å². The number of fused-ring (bicyclic) bond motifs is 1. The van der Waals surface area contributed by atoms with Crippen LogP contribution in [0.2, 0.25) is 0 Å². The number of ether oxygens (including phenoxy) is 1. The van der Waals surface area contributed by atoms with Crippen molar-refractivity contribution in [1.82, 2.24) is 30.2 Å². The molecule has 1 atom stereocenters. The van der Waals surface area contributed by atoms with E-state index < -0.39 is 28.3 Å². The maximum atomic E-state index is 14.2. The standard InChI is InChI=1S/C17H14FN5O.C12H9FN2O2.CH4O2S/c1-19-12-2-3-16(14(18)5-12)24-17-4-10-7-22-23-15(10)6-13(17)11-8-20-21-9-11;1-8-6-9(7-16)12(17)15(14-8)11-4-2-10(13)3-5-11;1-4(2)3/h2-9,19H,1H3,(H,20,21)(H,22,23);2-7H,1H3;1H3,(H,2,3). The van der Waals surface area contributed by atoms with Crippen molar-refractivity contribution in [2.45, 2.75) is 6.92 Å². The van der Waals surface area contributed by atoms with Crippen LogP contribution in [0.4, 0.5) is 14.5 Å². The van der Waals surface area contributed by atoms with Crippen LogP contribution in [0.25, 0.3) is 27.7 Å². The fourth-order valence-electron chi connectivity index (χ4n) is 4.02. The lowest BCUT2D eigenvalue weighted by atomic mass is 10.1. The quantitative estimate of drug-likeness (QED) is 0.141. The third kappa shape index (κ3) is 8.31. The predicted molar refractivity (Wildman–Crippen MR) is 166 cm³/mol. The molecule has 6 aromatic rings. The molecule has 3 aromatic heterocycles. The van der Waals surface area contributed by atoms with Gasteiger partial charge in [-0.25, -0.2) is 13.0 Å². The number of aromatic nitrogens is 6. The number of anilines is 1. The van der Waals surface area contributed by atoms with E-state index in [1.807, 2.05) is 12.1 Å². The van der Waals surface area contributed by atoms with Gasteiger partial charge >= 0.3 is 0 Å². The highest BCUT2D eigenvalue weighted by Crippen LogP contribution is 2.37. The number of halogens is 2. The number of hydrogen-bond acceptors (Lipinski definition) is 8. The Morgan fingerprint density at radius 1 is 1.02 bits per heavy atom. The van der Waals surface area contributed by atoms with Gasteiger partial charge in [-0.05, 0) is 61.5 Å². The summed E-state index contributed by atoms with van der Waals surface area (Å²) >= 11 is -1.61. The van der Waals surface area contributed by atoms with Crippen LogP contribution < -0.4 is 15.6 Å². The molecule has 0 radical (unpaired) electrons. The molecule has 0 aliphatic heterocycles. The molecule has 232 valence electrons. The zero-order chi connectivity index (χ0) is 32.5. The van der Waals surface area contributed by atoms with Crippen molar-refractivity contribution in [3.8, 4) is 28.3 Å². The van der Waals surface area contributed by atoms with Crippen LogP contribution in [0.1, 0.15) is 16.1 Å². The minimum Gasteiger partial charge on any atom is -0.454 e. The molecular weight excluding hydrogens is 608 g/mol. The fourth-order valence-corrected chi connectivity index (χ4v) is 4.02. The van der Waals surface area contributed by atoms with Gasteiger partial charge in [0.25, 0.3) is 5.56 Å². The van der Waals surface area contributed by atoms with Gasteiger partial charge in [0.2, 0.25) is 0 Å². The Bertz CT molecular complexity index is 1990. The smallest absolute Gasteiger partial charge is 0.282 e. The topological polar surface area (TPSA) is 168 Å². The fraction of sp³-hybridized carbons (Fsp3) is 0.100. The molecule has 0 fully saturated rings. The van der Waals surface area contributed by atoms with E-state index in [1.54, 1.807) is 44.7 Å². The first kappa shape index (κ1) is 32.4. The molecule has 0 aliphatic rings. The summed E-state index contributed by atoms with van der Waals surface area (Å²) < 4.78 is 50.6. The molecule has 0 saturated heterocycles. The maximum Gasteiger partial charge on any atom is 0.282 e. The van der Waals surface area contributed by atoms with Gasteiger partial charge in [0.05, 0.1) is 34.9 Å². The number of H-pyrrole nitrogens is 2. The van der Waals surface area contributed by atoms with Crippen LogP contribution >= 0.6 is 0 Å². The second kappa shape index (κ2) is 14.8. The normalized spacial score (nSPS) is 11.1. The highest BCUT2D eigenvalue weighted by Gasteiger charge is 2.14. The van der Waals surface area contributed by atoms with Crippen molar-refractivity contribution < 1.29 is 27.1 Å². The minimum absolute atomic E-state index is 0.0295. The molecular formula is C30H27F2N7O5S. The van der Waals surface area contributed by atoms with Crippen LogP contribution in [0, 0.1) is 18.6 Å². The van der Waals surface area contributed by atoms with Gasteiger partial charge in [0, 0.05) is 47.8 Å². The zero-order valence-corrected chi connectivity index (χ0v) is 24.9. The predicted octanol–water partition coefficient (Wildman–Crippen LogP) is 5.26. The molecule has 3 heterocycles. The van der Waals surface area contributed by atoms with Crippen LogP contribution in [0.3, 0.4) is 0 Å². The second-order valence-electron chi connectivity index (χ2n) is 9.27. The van der Waals surface area contributed by atoms with Crippen molar-refractivity contribution in [2.75, 3.05) is 18.6 Å². The first-order chi connectivity index (χ1) is 21.6. The third-order valence-corrected chi connectivity index (χ3v) is 6.05. The van der Waals surface area contributed by atoms with Gasteiger partial charge in [0.1, 0.15) is 22.6 Å². The van der Waals surface area contributed by atoms with Gasteiger partial charge in [-0.2, -0.15) is 20.0 Å². The van der Waals surface area contributed by atoms with Crippen molar-refractivity contribution in [3.63, 3.8) is 0 Å². The number of nitrogens with zero attached hydrogens (tertiary/aromatic N) is 4. The lowest BCUT2D eigenvalue weighted by Gasteiger charge is -2.12. The van der Waals surface area contributed by atoms with E-state index in [-0.39, 0.29) is 11.3 Å². The van der Waals surface area contributed by atoms with E-state index in [4.69, 9.17) is 13.5 Å². The van der Waals surface area contributed by atoms with Crippen LogP contribution in [-0.2, 0) is 11.1 Å². The number of carbonyl (C=O) groups is 1. The molecule has 45 heavy (non-hydrogen) atoms. The van der Waals surface area contributed by atoms with Crippen molar-refractivity contribution in [3.05, 3.63) is 112 Å². The highest BCUT2D eigenvalue weighted by atomic mass is 32.2. The summed E-state index contributed by atoms with van der Waals surface area (Å²) in [6.07, 6.45) is 6.81. The largest absolute Gasteiger partial charge is 0.454 e. The molecule has 3 aromatic carbocycles. The van der Waals surface area contributed by atoms with E-state index in [0.29, 0.717) is 29.1 Å². The Morgan fingerprint density at radius 2 is 1.76 bits per heavy atom. The Morgan fingerprint density at radius 3 is 2.38 bits per heavy atom. The molecule has 0 amide bonds. The monoisotopic (exact) mass is 635 g/mol. The van der Waals surface area contributed by atoms with E-state index in [9.17, 15) is 18.4 Å². The Labute approximate surface area is 257 Å². The minimum atomic E-state index is -1.61. The summed E-state index contributed by atoms with van der Waals surface area (Å²) in [5.41, 5.74) is 3.65. The van der Waals surface area contributed by atoms with Crippen molar-refractivity contribution in [2.24, 2.45) is 0 Å². The van der Waals surface area contributed by atoms with E-state index in [2.05, 4.69) is 30.8 Å². The summed E-state index contributed by atoms with van der Waals surface area (Å²) in [7, 11) is 1.74. The number of aldehydes is 1. The molecule has 0 spiro atoms. The highest BCUT2D eigenvalue weighted by molar-refractivity contribution is 7.78. The molecule has 6 rings (SSSR count). The maximum absolute atomic E-state index is 14.2. The summed E-state index contributed by atoms with van der Waals surface area (Å²) in [4.78, 5) is 22.5. The van der Waals surface area contributed by atoms with Crippen molar-refractivity contribution in [1.29, 1.82) is 0 Å². The van der Waals surface area contributed by atoms with E-state index in [0.717, 1.165) is 26.7 Å². The number of hydrogen-bond donors (Lipinski definition) is 4. The summed E-state index contributed by atoms with van der Waals surface area (Å²) in [5.74, 6) is -0.152. The molecule has 1 unspecified atom stereocenters. The van der Waals surface area contributed by atoms with E-state index >= 15 is 0 Å². The molecule has 15 heteroatoms. The average molecular weight is 636 g/mol. The Hall–Kier alpha value is -5.54. The first-order valence-corrected chi connectivity index (χ1v) is 14.6. The van der Waals surface area contributed by atoms with Crippen LogP contribution in [-0.4, -0.2) is 58.5 Å². The lowest BCUT2D eigenvalue weighted by Crippen LogP contribution is -2.25. The number of nitrogens with one attached hydrogen (secondary N) is 3. The Balaban J connectivity index is 0.000000192.